The zero-order valence-corrected chi connectivity index (χ0v) is 20.3. The first kappa shape index (κ1) is 19.5. The maximum absolute atomic E-state index is 13.2. The fourth-order valence-corrected chi connectivity index (χ4v) is 13.5. The molecule has 8 nitrogen and oxygen atoms in total. The van der Waals surface area contributed by atoms with Crippen LogP contribution in [0, 0.1) is 23.7 Å². The van der Waals surface area contributed by atoms with Crippen molar-refractivity contribution in [2.45, 2.75) is 70.9 Å². The van der Waals surface area contributed by atoms with Crippen LogP contribution in [0.15, 0.2) is 0 Å². The van der Waals surface area contributed by atoms with E-state index in [1.54, 1.807) is 0 Å². The Kier molecular flexibility index (Phi) is 4.30. The number of carbonyl (C=O) groups is 3. The molecule has 0 spiro atoms. The van der Waals surface area contributed by atoms with Crippen molar-refractivity contribution in [3.8, 4) is 0 Å². The zero-order valence-electron chi connectivity index (χ0n) is 16.0. The molecule has 10 heteroatoms. The number of carbonyl (C=O) groups excluding carboxylic acids is 3. The van der Waals surface area contributed by atoms with Crippen LogP contribution in [0.1, 0.15) is 45.4 Å². The molecule has 0 aromatic rings. The van der Waals surface area contributed by atoms with Crippen molar-refractivity contribution in [1.82, 2.24) is 7.06 Å². The standard InChI is InChI=1S/C19H24I2N2O6/c1-2-18(5-3-4-6-18)29-16(25)11-9-7-8-10(11)15(24)27-12(8)13(9)28-17(26)14(20)19-21(22-19)23-19/h8-14,22-23H,2-7H2,1H3. The molecule has 3 aliphatic carbocycles. The summed E-state index contributed by atoms with van der Waals surface area (Å²) in [4.78, 5) is 38.6. The Morgan fingerprint density at radius 2 is 2.00 bits per heavy atom. The van der Waals surface area contributed by atoms with Gasteiger partial charge in [-0.2, -0.15) is 0 Å². The van der Waals surface area contributed by atoms with Gasteiger partial charge in [0, 0.05) is 0 Å². The number of alkyl halides is 2. The number of nitrogens with one attached hydrogen (secondary N) is 2. The minimum absolute atomic E-state index is 0.0451. The summed E-state index contributed by atoms with van der Waals surface area (Å²) >= 11 is 0.878. The zero-order chi connectivity index (χ0) is 20.1. The van der Waals surface area contributed by atoms with E-state index >= 15 is 0 Å². The summed E-state index contributed by atoms with van der Waals surface area (Å²) in [6.45, 7) is 2.05. The summed E-state index contributed by atoms with van der Waals surface area (Å²) < 4.78 is 23.8. The Balaban J connectivity index is 1.21. The fraction of sp³-hybridized carbons (Fsp3) is 0.842. The molecule has 7 unspecified atom stereocenters. The van der Waals surface area contributed by atoms with Crippen molar-refractivity contribution >= 4 is 60.9 Å². The molecule has 3 saturated carbocycles. The number of esters is 3. The van der Waals surface area contributed by atoms with Gasteiger partial charge in [-0.05, 0) is 0 Å². The molecule has 0 amide bonds. The van der Waals surface area contributed by atoms with E-state index in [0.717, 1.165) is 32.1 Å². The molecule has 160 valence electrons. The van der Waals surface area contributed by atoms with E-state index < -0.39 is 50.0 Å². The van der Waals surface area contributed by atoms with E-state index in [1.807, 2.05) is 0 Å². The third-order valence-electron chi connectivity index (χ3n) is 7.79. The van der Waals surface area contributed by atoms with Crippen molar-refractivity contribution < 1.29 is 28.6 Å². The normalized spacial score (nSPS) is 43.5. The van der Waals surface area contributed by atoms with Gasteiger partial charge in [0.05, 0.1) is 0 Å². The van der Waals surface area contributed by atoms with Crippen LogP contribution in [0.2, 0.25) is 0 Å². The van der Waals surface area contributed by atoms with Gasteiger partial charge in [-0.3, -0.25) is 0 Å². The molecule has 2 bridgehead atoms. The van der Waals surface area contributed by atoms with E-state index in [-0.39, 0.29) is 37.3 Å². The molecule has 2 N–H and O–H groups in total. The van der Waals surface area contributed by atoms with Crippen molar-refractivity contribution in [1.29, 1.82) is 0 Å². The minimum atomic E-state index is -1.25. The van der Waals surface area contributed by atoms with E-state index in [2.05, 4.69) is 36.6 Å². The van der Waals surface area contributed by atoms with Crippen molar-refractivity contribution in [2.24, 2.45) is 23.7 Å². The predicted octanol–water partition coefficient (Wildman–Crippen LogP) is 1.97. The van der Waals surface area contributed by atoms with Crippen LogP contribution in [0.4, 0.5) is 0 Å². The van der Waals surface area contributed by atoms with Gasteiger partial charge in [-0.25, -0.2) is 0 Å². The maximum atomic E-state index is 13.2. The number of rotatable bonds is 6. The molecule has 6 fully saturated rings. The quantitative estimate of drug-likeness (QED) is 0.0870. The van der Waals surface area contributed by atoms with E-state index in [9.17, 15) is 14.4 Å². The molecular formula is C19H24I2N2O6. The Morgan fingerprint density at radius 1 is 1.31 bits per heavy atom. The molecule has 3 heterocycles. The Labute approximate surface area is 190 Å². The average molecular weight is 630 g/mol. The molecule has 0 aromatic carbocycles. The molecule has 3 saturated heterocycles. The summed E-state index contributed by atoms with van der Waals surface area (Å²) in [6, 6.07) is 0. The van der Waals surface area contributed by atoms with Crippen LogP contribution < -0.4 is 7.06 Å². The van der Waals surface area contributed by atoms with Gasteiger partial charge >= 0.3 is 191 Å². The van der Waals surface area contributed by atoms with Crippen molar-refractivity contribution in [2.75, 3.05) is 0 Å². The van der Waals surface area contributed by atoms with Gasteiger partial charge < -0.3 is 0 Å². The van der Waals surface area contributed by atoms with Crippen LogP contribution in [-0.2, 0) is 28.6 Å². The van der Waals surface area contributed by atoms with Crippen LogP contribution in [0.3, 0.4) is 0 Å². The number of hydrogen-bond acceptors (Lipinski definition) is 8. The SMILES string of the molecule is CCC1(OC(=O)C2C3CC4C(OC(=O)C42)C3OC(=O)C(I)C23NI2N3)CCCC1. The van der Waals surface area contributed by atoms with Crippen LogP contribution in [-0.4, -0.2) is 43.3 Å². The summed E-state index contributed by atoms with van der Waals surface area (Å²) in [5.74, 6) is -2.14. The molecule has 0 radical (unpaired) electrons. The van der Waals surface area contributed by atoms with Gasteiger partial charge in [0.1, 0.15) is 0 Å². The van der Waals surface area contributed by atoms with Gasteiger partial charge in [0.15, 0.2) is 0 Å². The Morgan fingerprint density at radius 3 is 2.62 bits per heavy atom. The van der Waals surface area contributed by atoms with Gasteiger partial charge in [-0.15, -0.1) is 0 Å². The third kappa shape index (κ3) is 2.70. The molecule has 29 heavy (non-hydrogen) atoms. The summed E-state index contributed by atoms with van der Waals surface area (Å²) in [6.07, 6.45) is 4.43. The van der Waals surface area contributed by atoms with E-state index in [0.29, 0.717) is 6.42 Å². The number of halogens is 2. The van der Waals surface area contributed by atoms with Crippen LogP contribution >= 0.6 is 43.0 Å². The van der Waals surface area contributed by atoms with Gasteiger partial charge in [-0.1, -0.05) is 0 Å². The van der Waals surface area contributed by atoms with Crippen molar-refractivity contribution in [3.05, 3.63) is 0 Å². The fourth-order valence-electron chi connectivity index (χ4n) is 6.08. The monoisotopic (exact) mass is 630 g/mol. The number of fused-ring (bicyclic) bond motifs is 2. The number of hydrogen-bond donors (Lipinski definition) is 2. The first-order chi connectivity index (χ1) is 13.9. The Hall–Kier alpha value is -0.210. The Bertz CT molecular complexity index is 796. The van der Waals surface area contributed by atoms with E-state index in [4.69, 9.17) is 14.2 Å². The second-order valence-electron chi connectivity index (χ2n) is 9.13. The molecule has 6 aliphatic rings. The second kappa shape index (κ2) is 6.41. The second-order valence-corrected chi connectivity index (χ2v) is 14.8. The summed E-state index contributed by atoms with van der Waals surface area (Å²) in [7, 11) is 0. The molecule has 6 rings (SSSR count). The van der Waals surface area contributed by atoms with Gasteiger partial charge in [0.25, 0.3) is 0 Å². The summed E-state index contributed by atoms with van der Waals surface area (Å²) in [5, 5.41) is 0. The molecular weight excluding hydrogens is 606 g/mol. The van der Waals surface area contributed by atoms with Gasteiger partial charge in [0.2, 0.25) is 0 Å². The van der Waals surface area contributed by atoms with Crippen LogP contribution in [0.25, 0.3) is 0 Å². The molecule has 7 atom stereocenters. The molecule has 0 aromatic heterocycles. The van der Waals surface area contributed by atoms with Crippen LogP contribution in [0.5, 0.6) is 0 Å². The van der Waals surface area contributed by atoms with Crippen molar-refractivity contribution in [3.63, 3.8) is 0 Å². The predicted molar refractivity (Wildman–Crippen MR) is 117 cm³/mol. The molecule has 3 aliphatic heterocycles. The topological polar surface area (TPSA) is 123 Å². The first-order valence-corrected chi connectivity index (χ1v) is 14.9. The van der Waals surface area contributed by atoms with E-state index in [1.165, 1.54) is 0 Å². The average Bonchev–Trinajstić information content (AvgIpc) is 3.27. The first-order valence-electron chi connectivity index (χ1n) is 10.4. The summed E-state index contributed by atoms with van der Waals surface area (Å²) in [5.41, 5.74) is -0.394. The number of ether oxygens (including phenoxy) is 3. The third-order valence-corrected chi connectivity index (χ3v) is 15.0.